The van der Waals surface area contributed by atoms with Gasteiger partial charge in [0.1, 0.15) is 16.8 Å². The molecule has 9 nitrogen and oxygen atoms in total. The molecule has 0 saturated carbocycles. The van der Waals surface area contributed by atoms with E-state index >= 15 is 0 Å². The Morgan fingerprint density at radius 2 is 1.74 bits per heavy atom. The summed E-state index contributed by atoms with van der Waals surface area (Å²) in [6, 6.07) is 5.39. The summed E-state index contributed by atoms with van der Waals surface area (Å²) in [6.07, 6.45) is 5.10. The fourth-order valence-corrected chi connectivity index (χ4v) is 4.53. The van der Waals surface area contributed by atoms with Crippen molar-refractivity contribution < 1.29 is 23.8 Å². The molecule has 0 aliphatic heterocycles. The molecule has 0 fully saturated rings. The van der Waals surface area contributed by atoms with E-state index in [9.17, 15) is 14.9 Å². The number of thiophene rings is 1. The second-order valence-corrected chi connectivity index (χ2v) is 7.73. The first-order chi connectivity index (χ1) is 15.0. The van der Waals surface area contributed by atoms with Gasteiger partial charge in [-0.15, -0.1) is 11.3 Å². The Kier molecular flexibility index (Phi) is 7.10. The van der Waals surface area contributed by atoms with E-state index in [0.717, 1.165) is 36.1 Å². The molecule has 0 unspecified atom stereocenters. The second-order valence-electron chi connectivity index (χ2n) is 6.63. The molecule has 10 heteroatoms. The van der Waals surface area contributed by atoms with Crippen molar-refractivity contribution in [1.82, 2.24) is 5.43 Å². The summed E-state index contributed by atoms with van der Waals surface area (Å²) in [4.78, 5) is 25.5. The Bertz CT molecular complexity index is 1070. The molecule has 1 heterocycles. The predicted octanol–water partition coefficient (Wildman–Crippen LogP) is 2.61. The average Bonchev–Trinajstić information content (AvgIpc) is 3.15. The number of ether oxygens (including phenoxy) is 3. The molecule has 1 aromatic heterocycles. The fraction of sp³-hybridized carbons (Fsp3) is 0.333. The van der Waals surface area contributed by atoms with E-state index in [1.807, 2.05) is 0 Å². The van der Waals surface area contributed by atoms with Gasteiger partial charge in [-0.05, 0) is 37.3 Å². The zero-order chi connectivity index (χ0) is 22.4. The topological polar surface area (TPSA) is 122 Å². The minimum absolute atomic E-state index is 0.403. The van der Waals surface area contributed by atoms with Gasteiger partial charge in [0.2, 0.25) is 0 Å². The van der Waals surface area contributed by atoms with E-state index in [-0.39, 0.29) is 0 Å². The van der Waals surface area contributed by atoms with Crippen molar-refractivity contribution in [2.24, 2.45) is 5.10 Å². The van der Waals surface area contributed by atoms with Crippen LogP contribution in [0.25, 0.3) is 0 Å². The van der Waals surface area contributed by atoms with Crippen LogP contribution in [0.5, 0.6) is 17.2 Å². The van der Waals surface area contributed by atoms with Crippen LogP contribution < -0.4 is 25.0 Å². The van der Waals surface area contributed by atoms with Crippen LogP contribution in [-0.4, -0.2) is 39.4 Å². The fourth-order valence-electron chi connectivity index (χ4n) is 3.30. The highest BCUT2D eigenvalue weighted by Crippen LogP contribution is 2.37. The van der Waals surface area contributed by atoms with Crippen molar-refractivity contribution in [2.45, 2.75) is 25.7 Å². The Hall–Kier alpha value is -3.58. The molecule has 2 N–H and O–H groups in total. The van der Waals surface area contributed by atoms with E-state index in [1.165, 1.54) is 38.9 Å². The lowest BCUT2D eigenvalue weighted by Crippen LogP contribution is -2.32. The summed E-state index contributed by atoms with van der Waals surface area (Å²) in [5.41, 5.74) is 4.12. The monoisotopic (exact) mass is 442 g/mol. The van der Waals surface area contributed by atoms with Crippen molar-refractivity contribution in [3.63, 3.8) is 0 Å². The molecule has 3 rings (SSSR count). The average molecular weight is 442 g/mol. The van der Waals surface area contributed by atoms with Gasteiger partial charge in [0, 0.05) is 16.5 Å². The van der Waals surface area contributed by atoms with Crippen LogP contribution in [0.4, 0.5) is 5.00 Å². The number of fused-ring (bicyclic) bond motifs is 1. The number of benzene rings is 1. The zero-order valence-corrected chi connectivity index (χ0v) is 18.2. The first kappa shape index (κ1) is 22.1. The lowest BCUT2D eigenvalue weighted by atomic mass is 9.96. The Balaban J connectivity index is 1.69. The van der Waals surface area contributed by atoms with Gasteiger partial charge in [0.25, 0.3) is 0 Å². The van der Waals surface area contributed by atoms with Crippen LogP contribution in [0.2, 0.25) is 0 Å². The lowest BCUT2D eigenvalue weighted by Gasteiger charge is -2.11. The quantitative estimate of drug-likeness (QED) is 0.403. The number of nitrogens with one attached hydrogen (secondary N) is 2. The van der Waals surface area contributed by atoms with E-state index in [1.54, 1.807) is 12.1 Å². The smallest absolute Gasteiger partial charge is 0.329 e. The summed E-state index contributed by atoms with van der Waals surface area (Å²) in [5.74, 6) is -0.466. The molecule has 2 amide bonds. The molecule has 1 aliphatic rings. The van der Waals surface area contributed by atoms with Gasteiger partial charge in [0.15, 0.2) is 11.5 Å². The third-order valence-electron chi connectivity index (χ3n) is 4.82. The van der Waals surface area contributed by atoms with Crippen molar-refractivity contribution in [3.05, 3.63) is 33.7 Å². The number of carbonyl (C=O) groups excluding carboxylic acids is 2. The second kappa shape index (κ2) is 9.95. The SMILES string of the molecule is COc1cc(OC)c(OC)cc1/C=N/NC(=O)C(=O)Nc1sc2c(c1C#N)CCCC2. The molecule has 0 radical (unpaired) electrons. The van der Waals surface area contributed by atoms with E-state index in [0.29, 0.717) is 33.4 Å². The van der Waals surface area contributed by atoms with Crippen molar-refractivity contribution in [3.8, 4) is 23.3 Å². The number of methoxy groups -OCH3 is 3. The maximum absolute atomic E-state index is 12.3. The maximum atomic E-state index is 12.3. The number of aryl methyl sites for hydroxylation is 1. The molecule has 1 aromatic carbocycles. The Morgan fingerprint density at radius 1 is 1.06 bits per heavy atom. The number of amides is 2. The minimum Gasteiger partial charge on any atom is -0.496 e. The summed E-state index contributed by atoms with van der Waals surface area (Å²) >= 11 is 1.35. The van der Waals surface area contributed by atoms with Crippen LogP contribution in [0.1, 0.15) is 34.4 Å². The van der Waals surface area contributed by atoms with Crippen LogP contribution in [0.15, 0.2) is 17.2 Å². The van der Waals surface area contributed by atoms with Gasteiger partial charge in [-0.25, -0.2) is 5.43 Å². The van der Waals surface area contributed by atoms with Gasteiger partial charge in [-0.2, -0.15) is 10.4 Å². The maximum Gasteiger partial charge on any atom is 0.329 e. The van der Waals surface area contributed by atoms with Crippen LogP contribution in [0.3, 0.4) is 0 Å². The largest absolute Gasteiger partial charge is 0.496 e. The lowest BCUT2D eigenvalue weighted by molar-refractivity contribution is -0.136. The number of hydrogen-bond donors (Lipinski definition) is 2. The number of nitrogens with zero attached hydrogens (tertiary/aromatic N) is 2. The standard InChI is InChI=1S/C21H22N4O5S/c1-28-15-9-17(30-3)16(29-2)8-12(15)11-23-25-20(27)19(26)24-21-14(10-22)13-6-4-5-7-18(13)31-21/h8-9,11H,4-7H2,1-3H3,(H,24,26)(H,25,27)/b23-11+. The van der Waals surface area contributed by atoms with Crippen molar-refractivity contribution in [2.75, 3.05) is 26.6 Å². The van der Waals surface area contributed by atoms with Crippen molar-refractivity contribution >= 4 is 34.4 Å². The first-order valence-electron chi connectivity index (χ1n) is 9.51. The third kappa shape index (κ3) is 4.78. The molecule has 0 saturated heterocycles. The minimum atomic E-state index is -0.953. The van der Waals surface area contributed by atoms with Gasteiger partial charge < -0.3 is 19.5 Å². The van der Waals surface area contributed by atoms with E-state index in [2.05, 4.69) is 21.9 Å². The van der Waals surface area contributed by atoms with E-state index in [4.69, 9.17) is 14.2 Å². The van der Waals surface area contributed by atoms with Gasteiger partial charge in [0.05, 0.1) is 33.1 Å². The summed E-state index contributed by atoms with van der Waals surface area (Å²) in [5, 5.41) is 16.2. The molecule has 1 aliphatic carbocycles. The number of nitriles is 1. The van der Waals surface area contributed by atoms with Crippen LogP contribution >= 0.6 is 11.3 Å². The normalized spacial score (nSPS) is 12.6. The predicted molar refractivity (Wildman–Crippen MR) is 116 cm³/mol. The summed E-state index contributed by atoms with van der Waals surface area (Å²) < 4.78 is 15.8. The van der Waals surface area contributed by atoms with Gasteiger partial charge >= 0.3 is 11.8 Å². The molecule has 162 valence electrons. The molecular formula is C21H22N4O5S. The van der Waals surface area contributed by atoms with Gasteiger partial charge in [-0.1, -0.05) is 0 Å². The molecule has 31 heavy (non-hydrogen) atoms. The number of hydrogen-bond acceptors (Lipinski definition) is 8. The summed E-state index contributed by atoms with van der Waals surface area (Å²) in [6.45, 7) is 0. The number of carbonyl (C=O) groups is 2. The van der Waals surface area contributed by atoms with Crippen LogP contribution in [-0.2, 0) is 22.4 Å². The molecular weight excluding hydrogens is 420 g/mol. The highest BCUT2D eigenvalue weighted by molar-refractivity contribution is 7.16. The molecule has 0 atom stereocenters. The van der Waals surface area contributed by atoms with E-state index < -0.39 is 11.8 Å². The van der Waals surface area contributed by atoms with Crippen molar-refractivity contribution in [1.29, 1.82) is 5.26 Å². The highest BCUT2D eigenvalue weighted by atomic mass is 32.1. The Morgan fingerprint density at radius 3 is 2.42 bits per heavy atom. The number of anilines is 1. The zero-order valence-electron chi connectivity index (χ0n) is 17.4. The number of rotatable bonds is 6. The third-order valence-corrected chi connectivity index (χ3v) is 6.03. The number of hydrazone groups is 1. The highest BCUT2D eigenvalue weighted by Gasteiger charge is 2.23. The molecule has 2 aromatic rings. The Labute approximate surface area is 183 Å². The summed E-state index contributed by atoms with van der Waals surface area (Å²) in [7, 11) is 4.49. The molecule has 0 spiro atoms. The molecule has 0 bridgehead atoms. The first-order valence-corrected chi connectivity index (χ1v) is 10.3. The van der Waals surface area contributed by atoms with Gasteiger partial charge in [-0.3, -0.25) is 9.59 Å². The van der Waals surface area contributed by atoms with Crippen LogP contribution in [0, 0.1) is 11.3 Å².